The largest absolute Gasteiger partial charge is 0.497 e. The molecule has 2 amide bonds. The molecule has 11 heteroatoms. The first kappa shape index (κ1) is 36.6. The van der Waals surface area contributed by atoms with Crippen molar-refractivity contribution >= 4 is 24.2 Å². The first-order valence-corrected chi connectivity index (χ1v) is 16.7. The van der Waals surface area contributed by atoms with Crippen molar-refractivity contribution in [1.29, 1.82) is 0 Å². The predicted molar refractivity (Wildman–Crippen MR) is 184 cm³/mol. The number of ether oxygens (including phenoxy) is 4. The molecule has 2 aliphatic heterocycles. The number of halogens is 1. The molecule has 2 aromatic carbocycles. The molecule has 4 fully saturated rings. The second kappa shape index (κ2) is 15.8. The van der Waals surface area contributed by atoms with Gasteiger partial charge in [0, 0.05) is 61.5 Å². The van der Waals surface area contributed by atoms with E-state index < -0.39 is 0 Å². The van der Waals surface area contributed by atoms with Crippen molar-refractivity contribution < 1.29 is 28.5 Å². The number of nitrogens with two attached hydrogens (primary N) is 2. The van der Waals surface area contributed by atoms with Gasteiger partial charge in [0.1, 0.15) is 23.0 Å². The van der Waals surface area contributed by atoms with Crippen LogP contribution in [-0.2, 0) is 22.7 Å². The lowest BCUT2D eigenvalue weighted by Gasteiger charge is -2.35. The van der Waals surface area contributed by atoms with E-state index in [4.69, 9.17) is 30.4 Å². The van der Waals surface area contributed by atoms with Gasteiger partial charge in [-0.3, -0.25) is 9.59 Å². The van der Waals surface area contributed by atoms with Crippen LogP contribution in [0.15, 0.2) is 36.4 Å². The van der Waals surface area contributed by atoms with Crippen molar-refractivity contribution in [1.82, 2.24) is 9.80 Å². The highest BCUT2D eigenvalue weighted by Crippen LogP contribution is 2.46. The number of rotatable bonds is 8. The molecule has 0 radical (unpaired) electrons. The van der Waals surface area contributed by atoms with Gasteiger partial charge in [0.05, 0.1) is 39.3 Å². The van der Waals surface area contributed by atoms with E-state index >= 15 is 0 Å². The number of methoxy groups -OCH3 is 4. The number of carbonyl (C=O) groups is 2. The smallest absolute Gasteiger partial charge is 0.229 e. The third-order valence-corrected chi connectivity index (χ3v) is 10.7. The van der Waals surface area contributed by atoms with Crippen LogP contribution in [0.3, 0.4) is 0 Å². The molecule has 4 aliphatic rings. The molecule has 2 aromatic rings. The highest BCUT2D eigenvalue weighted by atomic mass is 35.5. The van der Waals surface area contributed by atoms with Crippen LogP contribution in [0.25, 0.3) is 0 Å². The van der Waals surface area contributed by atoms with Gasteiger partial charge in [0.15, 0.2) is 0 Å². The van der Waals surface area contributed by atoms with Gasteiger partial charge < -0.3 is 40.2 Å². The highest BCUT2D eigenvalue weighted by molar-refractivity contribution is 5.86. The Kier molecular flexibility index (Phi) is 12.3. The van der Waals surface area contributed by atoms with Gasteiger partial charge in [0.25, 0.3) is 0 Å². The number of amides is 2. The zero-order chi connectivity index (χ0) is 32.9. The lowest BCUT2D eigenvalue weighted by molar-refractivity contribution is -0.139. The topological polar surface area (TPSA) is 130 Å². The van der Waals surface area contributed by atoms with E-state index in [2.05, 4.69) is 0 Å². The third-order valence-electron chi connectivity index (χ3n) is 10.7. The minimum atomic E-state index is -0.211. The van der Waals surface area contributed by atoms with Crippen molar-refractivity contribution in [3.63, 3.8) is 0 Å². The molecule has 6 rings (SSSR count). The van der Waals surface area contributed by atoms with E-state index in [0.29, 0.717) is 13.1 Å². The Morgan fingerprint density at radius 2 is 1.06 bits per heavy atom. The van der Waals surface area contributed by atoms with Crippen LogP contribution in [0.2, 0.25) is 0 Å². The van der Waals surface area contributed by atoms with Crippen molar-refractivity contribution in [2.45, 2.75) is 89.4 Å². The number of benzene rings is 2. The summed E-state index contributed by atoms with van der Waals surface area (Å²) in [6.45, 7) is 2.79. The SMILES string of the molecule is COc1ccc(CN2CC[C@]3(CCC[C@H](N)C3)C2=O)c(OC)c1.COc1ccc(CN2CC[C@]3(CCC[C@H](N)C3)C2=O)c(OC)c1.Cl. The molecule has 0 aromatic heterocycles. The molecule has 4 atom stereocenters. The quantitative estimate of drug-likeness (QED) is 0.398. The van der Waals surface area contributed by atoms with Gasteiger partial charge in [-0.15, -0.1) is 12.4 Å². The van der Waals surface area contributed by atoms with E-state index in [1.54, 1.807) is 28.4 Å². The van der Waals surface area contributed by atoms with Gasteiger partial charge in [-0.05, 0) is 75.6 Å². The summed E-state index contributed by atoms with van der Waals surface area (Å²) in [5.41, 5.74) is 13.8. The molecule has 2 saturated carbocycles. The minimum absolute atomic E-state index is 0. The third kappa shape index (κ3) is 7.92. The van der Waals surface area contributed by atoms with Gasteiger partial charge in [-0.2, -0.15) is 0 Å². The normalized spacial score (nSPS) is 26.9. The molecule has 0 bridgehead atoms. The summed E-state index contributed by atoms with van der Waals surface area (Å²) < 4.78 is 21.4. The van der Waals surface area contributed by atoms with Crippen LogP contribution >= 0.6 is 12.4 Å². The maximum atomic E-state index is 13.0. The lowest BCUT2D eigenvalue weighted by Crippen LogP contribution is -2.42. The first-order chi connectivity index (χ1) is 22.2. The zero-order valence-corrected chi connectivity index (χ0v) is 29.2. The van der Waals surface area contributed by atoms with Gasteiger partial charge in [-0.25, -0.2) is 0 Å². The van der Waals surface area contributed by atoms with Crippen molar-refractivity contribution in [2.24, 2.45) is 22.3 Å². The molecular formula is C36H53ClN4O6. The summed E-state index contributed by atoms with van der Waals surface area (Å²) in [4.78, 5) is 29.8. The van der Waals surface area contributed by atoms with Crippen LogP contribution in [0.1, 0.15) is 75.3 Å². The molecule has 10 nitrogen and oxygen atoms in total. The van der Waals surface area contributed by atoms with Gasteiger partial charge in [-0.1, -0.05) is 12.8 Å². The standard InChI is InChI=1S/2C18H26N2O3.ClH/c2*1-22-15-6-5-13(16(10-15)23-2)12-20-9-8-18(17(20)21)7-3-4-14(19)11-18;/h2*5-6,10,14H,3-4,7-9,11-12,19H2,1-2H3;1H/t2*14-,18-;/m00./s1. The molecule has 2 aliphatic carbocycles. The molecule has 2 heterocycles. The van der Waals surface area contributed by atoms with Crippen LogP contribution < -0.4 is 30.4 Å². The molecule has 47 heavy (non-hydrogen) atoms. The number of hydrogen-bond donors (Lipinski definition) is 2. The molecule has 4 N–H and O–H groups in total. The van der Waals surface area contributed by atoms with Crippen molar-refractivity contribution in [3.05, 3.63) is 47.5 Å². The van der Waals surface area contributed by atoms with Crippen LogP contribution in [0.4, 0.5) is 0 Å². The van der Waals surface area contributed by atoms with Crippen LogP contribution in [-0.4, -0.2) is 75.2 Å². The number of nitrogens with zero attached hydrogens (tertiary/aromatic N) is 2. The maximum Gasteiger partial charge on any atom is 0.229 e. The monoisotopic (exact) mass is 672 g/mol. The zero-order valence-electron chi connectivity index (χ0n) is 28.4. The van der Waals surface area contributed by atoms with Gasteiger partial charge >= 0.3 is 0 Å². The van der Waals surface area contributed by atoms with E-state index in [1.807, 2.05) is 46.2 Å². The summed E-state index contributed by atoms with van der Waals surface area (Å²) >= 11 is 0. The van der Waals surface area contributed by atoms with E-state index in [1.165, 1.54) is 0 Å². The number of hydrogen-bond acceptors (Lipinski definition) is 8. The molecular weight excluding hydrogens is 620 g/mol. The summed E-state index contributed by atoms with van der Waals surface area (Å²) in [5.74, 6) is 3.58. The Morgan fingerprint density at radius 1 is 0.660 bits per heavy atom. The Bertz CT molecular complexity index is 1290. The second-order valence-corrected chi connectivity index (χ2v) is 13.6. The fourth-order valence-electron chi connectivity index (χ4n) is 8.12. The van der Waals surface area contributed by atoms with Crippen LogP contribution in [0, 0.1) is 10.8 Å². The average Bonchev–Trinajstić information content (AvgIpc) is 3.51. The second-order valence-electron chi connectivity index (χ2n) is 13.6. The molecule has 2 spiro atoms. The van der Waals surface area contributed by atoms with E-state index in [-0.39, 0.29) is 47.1 Å². The summed E-state index contributed by atoms with van der Waals surface area (Å²) in [5, 5.41) is 0. The fourth-order valence-corrected chi connectivity index (χ4v) is 8.12. The Labute approximate surface area is 285 Å². The molecule has 0 unspecified atom stereocenters. The average molecular weight is 673 g/mol. The Hall–Kier alpha value is -3.21. The minimum Gasteiger partial charge on any atom is -0.497 e. The summed E-state index contributed by atoms with van der Waals surface area (Å²) in [6.07, 6.45) is 9.70. The Balaban J connectivity index is 0.000000208. The van der Waals surface area contributed by atoms with Crippen LogP contribution in [0.5, 0.6) is 23.0 Å². The molecule has 2 saturated heterocycles. The van der Waals surface area contributed by atoms with Gasteiger partial charge in [0.2, 0.25) is 11.8 Å². The number of carbonyl (C=O) groups excluding carboxylic acids is 2. The van der Waals surface area contributed by atoms with Crippen molar-refractivity contribution in [2.75, 3.05) is 41.5 Å². The lowest BCUT2D eigenvalue weighted by atomic mass is 9.71. The fraction of sp³-hybridized carbons (Fsp3) is 0.611. The molecule has 260 valence electrons. The van der Waals surface area contributed by atoms with Crippen molar-refractivity contribution in [3.8, 4) is 23.0 Å². The number of likely N-dealkylation sites (tertiary alicyclic amines) is 2. The van der Waals surface area contributed by atoms with E-state index in [9.17, 15) is 9.59 Å². The summed E-state index contributed by atoms with van der Waals surface area (Å²) in [6, 6.07) is 11.8. The summed E-state index contributed by atoms with van der Waals surface area (Å²) in [7, 11) is 6.56. The predicted octanol–water partition coefficient (Wildman–Crippen LogP) is 5.07. The Morgan fingerprint density at radius 3 is 1.40 bits per heavy atom. The van der Waals surface area contributed by atoms with E-state index in [0.717, 1.165) is 111 Å². The first-order valence-electron chi connectivity index (χ1n) is 16.7. The highest BCUT2D eigenvalue weighted by Gasteiger charge is 2.49. The maximum absolute atomic E-state index is 13.0.